The smallest absolute Gasteiger partial charge is 0.231 e. The van der Waals surface area contributed by atoms with Crippen molar-refractivity contribution in [1.82, 2.24) is 9.78 Å². The summed E-state index contributed by atoms with van der Waals surface area (Å²) in [6, 6.07) is 13.8. The molecule has 3 aromatic rings. The molecular weight excluding hydrogens is 447 g/mol. The van der Waals surface area contributed by atoms with Gasteiger partial charge in [0, 0.05) is 16.5 Å². The highest BCUT2D eigenvalue weighted by molar-refractivity contribution is 9.08. The minimum Gasteiger partial charge on any atom is -0.231 e. The molecule has 1 aromatic heterocycles. The van der Waals surface area contributed by atoms with E-state index in [0.29, 0.717) is 5.56 Å². The van der Waals surface area contributed by atoms with Crippen LogP contribution in [0.4, 0.5) is 13.2 Å². The zero-order valence-corrected chi connectivity index (χ0v) is 16.0. The van der Waals surface area contributed by atoms with E-state index < -0.39 is 21.9 Å². The van der Waals surface area contributed by atoms with Crippen LogP contribution in [0.5, 0.6) is 0 Å². The number of hydrogen-bond acceptors (Lipinski definition) is 3. The van der Waals surface area contributed by atoms with Crippen molar-refractivity contribution in [2.75, 3.05) is 0 Å². The highest BCUT2D eigenvalue weighted by Gasteiger charge is 2.39. The lowest BCUT2D eigenvalue weighted by atomic mass is 10.1. The van der Waals surface area contributed by atoms with Crippen molar-refractivity contribution >= 4 is 26.0 Å². The molecule has 0 atom stereocenters. The van der Waals surface area contributed by atoms with Gasteiger partial charge in [0.25, 0.3) is 0 Å². The Kier molecular flexibility index (Phi) is 5.15. The van der Waals surface area contributed by atoms with E-state index in [2.05, 4.69) is 21.0 Å². The van der Waals surface area contributed by atoms with Gasteiger partial charge in [-0.2, -0.15) is 18.3 Å². The third kappa shape index (κ3) is 3.78. The van der Waals surface area contributed by atoms with Crippen LogP contribution in [-0.2, 0) is 21.5 Å². The van der Waals surface area contributed by atoms with E-state index in [1.807, 2.05) is 0 Å². The number of primary sulfonamides is 1. The Hall–Kier alpha value is -2.17. The van der Waals surface area contributed by atoms with Crippen LogP contribution in [-0.4, -0.2) is 18.2 Å². The van der Waals surface area contributed by atoms with Gasteiger partial charge in [0.2, 0.25) is 10.0 Å². The Balaban J connectivity index is 2.43. The number of benzene rings is 2. The van der Waals surface area contributed by atoms with Gasteiger partial charge < -0.3 is 0 Å². The Labute approximate surface area is 161 Å². The van der Waals surface area contributed by atoms with Gasteiger partial charge in [-0.25, -0.2) is 18.2 Å². The summed E-state index contributed by atoms with van der Waals surface area (Å²) < 4.78 is 65.5. The third-order valence-corrected chi connectivity index (χ3v) is 5.35. The SMILES string of the molecule is NS(=O)(=O)c1ccccc1-n1nc(C(F)(F)F)c(CBr)c1-c1ccccc1. The van der Waals surface area contributed by atoms with Crippen LogP contribution in [0.3, 0.4) is 0 Å². The van der Waals surface area contributed by atoms with Gasteiger partial charge >= 0.3 is 6.18 Å². The molecule has 142 valence electrons. The van der Waals surface area contributed by atoms with Crippen LogP contribution < -0.4 is 5.14 Å². The van der Waals surface area contributed by atoms with Gasteiger partial charge in [0.1, 0.15) is 4.90 Å². The van der Waals surface area contributed by atoms with Gasteiger partial charge in [-0.1, -0.05) is 58.4 Å². The highest BCUT2D eigenvalue weighted by Crippen LogP contribution is 2.39. The van der Waals surface area contributed by atoms with Gasteiger partial charge in [0.05, 0.1) is 11.4 Å². The second kappa shape index (κ2) is 7.10. The van der Waals surface area contributed by atoms with Crippen molar-refractivity contribution in [1.29, 1.82) is 0 Å². The standard InChI is InChI=1S/C17H13BrF3N3O2S/c18-10-12-15(11-6-2-1-3-7-11)24(23-16(12)17(19,20)21)13-8-4-5-9-14(13)27(22,25)26/h1-9H,10H2,(H2,22,25,26). The molecule has 2 N–H and O–H groups in total. The van der Waals surface area contributed by atoms with Crippen LogP contribution >= 0.6 is 15.9 Å². The van der Waals surface area contributed by atoms with Crippen molar-refractivity contribution in [3.8, 4) is 16.9 Å². The van der Waals surface area contributed by atoms with Crippen LogP contribution in [0.25, 0.3) is 16.9 Å². The molecule has 1 heterocycles. The molecule has 0 fully saturated rings. The molecule has 0 spiro atoms. The molecule has 0 aliphatic heterocycles. The fourth-order valence-corrected chi connectivity index (χ4v) is 3.99. The summed E-state index contributed by atoms with van der Waals surface area (Å²) in [6.07, 6.45) is -4.71. The quantitative estimate of drug-likeness (QED) is 0.596. The van der Waals surface area contributed by atoms with Crippen LogP contribution in [0.1, 0.15) is 11.3 Å². The number of hydrogen-bond donors (Lipinski definition) is 1. The van der Waals surface area contributed by atoms with E-state index in [0.717, 1.165) is 4.68 Å². The normalized spacial score (nSPS) is 12.3. The maximum Gasteiger partial charge on any atom is 0.435 e. The second-order valence-corrected chi connectivity index (χ2v) is 7.69. The predicted octanol–water partition coefficient (Wildman–Crippen LogP) is 4.10. The van der Waals surface area contributed by atoms with Crippen LogP contribution in [0.15, 0.2) is 59.5 Å². The molecule has 0 bridgehead atoms. The minimum atomic E-state index is -4.71. The average Bonchev–Trinajstić information content (AvgIpc) is 3.01. The van der Waals surface area contributed by atoms with Gasteiger partial charge in [-0.3, -0.25) is 0 Å². The summed E-state index contributed by atoms with van der Waals surface area (Å²) in [6.45, 7) is 0. The molecule has 10 heteroatoms. The zero-order valence-electron chi connectivity index (χ0n) is 13.6. The first-order valence-corrected chi connectivity index (χ1v) is 10.2. The topological polar surface area (TPSA) is 78.0 Å². The van der Waals surface area contributed by atoms with E-state index >= 15 is 0 Å². The van der Waals surface area contributed by atoms with Crippen molar-refractivity contribution in [2.24, 2.45) is 5.14 Å². The summed E-state index contributed by atoms with van der Waals surface area (Å²) in [4.78, 5) is -0.320. The lowest BCUT2D eigenvalue weighted by molar-refractivity contribution is -0.141. The van der Waals surface area contributed by atoms with E-state index in [1.54, 1.807) is 30.3 Å². The Morgan fingerprint density at radius 3 is 2.19 bits per heavy atom. The van der Waals surface area contributed by atoms with Crippen molar-refractivity contribution in [3.63, 3.8) is 0 Å². The zero-order chi connectivity index (χ0) is 19.8. The third-order valence-electron chi connectivity index (χ3n) is 3.83. The molecule has 0 radical (unpaired) electrons. The molecule has 0 amide bonds. The largest absolute Gasteiger partial charge is 0.435 e. The van der Waals surface area contributed by atoms with Crippen LogP contribution in [0.2, 0.25) is 0 Å². The van der Waals surface area contributed by atoms with Crippen molar-refractivity contribution in [3.05, 3.63) is 65.9 Å². The van der Waals surface area contributed by atoms with Gasteiger partial charge in [-0.05, 0) is 12.1 Å². The molecule has 0 unspecified atom stereocenters. The molecule has 0 saturated carbocycles. The number of halogens is 4. The summed E-state index contributed by atoms with van der Waals surface area (Å²) in [5.41, 5.74) is -0.660. The molecule has 0 aliphatic carbocycles. The minimum absolute atomic E-state index is 0.0587. The van der Waals surface area contributed by atoms with E-state index in [1.165, 1.54) is 24.3 Å². The van der Waals surface area contributed by atoms with Crippen molar-refractivity contribution in [2.45, 2.75) is 16.4 Å². The molecule has 27 heavy (non-hydrogen) atoms. The molecule has 3 rings (SSSR count). The molecule has 5 nitrogen and oxygen atoms in total. The molecule has 2 aromatic carbocycles. The summed E-state index contributed by atoms with van der Waals surface area (Å²) in [5.74, 6) is 0. The average molecular weight is 460 g/mol. The maximum absolute atomic E-state index is 13.6. The van der Waals surface area contributed by atoms with E-state index in [-0.39, 0.29) is 27.2 Å². The number of para-hydroxylation sites is 1. The first-order valence-electron chi connectivity index (χ1n) is 7.57. The number of nitrogens with zero attached hydrogens (tertiary/aromatic N) is 2. The summed E-state index contributed by atoms with van der Waals surface area (Å²) >= 11 is 3.10. The lowest BCUT2D eigenvalue weighted by Crippen LogP contribution is -2.16. The Morgan fingerprint density at radius 2 is 1.63 bits per heavy atom. The molecule has 0 aliphatic rings. The summed E-state index contributed by atoms with van der Waals surface area (Å²) in [7, 11) is -4.18. The Bertz CT molecular complexity index is 1080. The van der Waals surface area contributed by atoms with E-state index in [4.69, 9.17) is 5.14 Å². The number of aromatic nitrogens is 2. The van der Waals surface area contributed by atoms with Gasteiger partial charge in [0.15, 0.2) is 5.69 Å². The summed E-state index contributed by atoms with van der Waals surface area (Å²) in [5, 5.41) is 8.84. The first-order chi connectivity index (χ1) is 12.6. The second-order valence-electron chi connectivity index (χ2n) is 5.60. The molecule has 0 saturated heterocycles. The lowest BCUT2D eigenvalue weighted by Gasteiger charge is -2.12. The van der Waals surface area contributed by atoms with E-state index in [9.17, 15) is 21.6 Å². The predicted molar refractivity (Wildman–Crippen MR) is 98.0 cm³/mol. The number of alkyl halides is 4. The molecular formula is C17H13BrF3N3O2S. The highest BCUT2D eigenvalue weighted by atomic mass is 79.9. The monoisotopic (exact) mass is 459 g/mol. The number of nitrogens with two attached hydrogens (primary N) is 1. The fraction of sp³-hybridized carbons (Fsp3) is 0.118. The number of rotatable bonds is 4. The van der Waals surface area contributed by atoms with Crippen molar-refractivity contribution < 1.29 is 21.6 Å². The fourth-order valence-electron chi connectivity index (χ4n) is 2.74. The number of sulfonamides is 1. The van der Waals surface area contributed by atoms with Crippen LogP contribution in [0, 0.1) is 0 Å². The van der Waals surface area contributed by atoms with Gasteiger partial charge in [-0.15, -0.1) is 0 Å². The first kappa shape index (κ1) is 19.6. The maximum atomic E-state index is 13.6. The Morgan fingerprint density at radius 1 is 1.04 bits per heavy atom.